The van der Waals surface area contributed by atoms with Gasteiger partial charge in [-0.2, -0.15) is 0 Å². The van der Waals surface area contributed by atoms with E-state index in [4.69, 9.17) is 19.4 Å². The van der Waals surface area contributed by atoms with Gasteiger partial charge in [-0.05, 0) is 88.0 Å². The number of thiophene rings is 1. The third-order valence-electron chi connectivity index (χ3n) is 10.5. The van der Waals surface area contributed by atoms with E-state index in [1.165, 1.54) is 20.2 Å². The zero-order valence-corrected chi connectivity index (χ0v) is 30.9. The third-order valence-corrected chi connectivity index (χ3v) is 11.7. The van der Waals surface area contributed by atoms with Crippen molar-refractivity contribution in [2.75, 3.05) is 0 Å². The molecule has 262 valence electrons. The molecule has 0 aliphatic rings. The summed E-state index contributed by atoms with van der Waals surface area (Å²) in [5.41, 5.74) is 11.1. The fourth-order valence-electron chi connectivity index (χ4n) is 7.82. The van der Waals surface area contributed by atoms with Crippen molar-refractivity contribution in [3.8, 4) is 67.5 Å². The fraction of sp³-hybridized carbons (Fsp3) is 0. The number of hydrogen-bond donors (Lipinski definition) is 0. The van der Waals surface area contributed by atoms with Gasteiger partial charge in [-0.25, -0.2) is 15.0 Å². The van der Waals surface area contributed by atoms with Crippen molar-refractivity contribution in [2.24, 2.45) is 0 Å². The van der Waals surface area contributed by atoms with Crippen molar-refractivity contribution in [2.45, 2.75) is 0 Å². The molecule has 0 N–H and O–H groups in total. The van der Waals surface area contributed by atoms with Crippen LogP contribution in [-0.4, -0.2) is 15.0 Å². The van der Waals surface area contributed by atoms with Gasteiger partial charge >= 0.3 is 0 Å². The van der Waals surface area contributed by atoms with Crippen LogP contribution >= 0.6 is 11.3 Å². The van der Waals surface area contributed by atoms with Crippen LogP contribution in [0.25, 0.3) is 110 Å². The molecule has 0 unspecified atom stereocenters. The van der Waals surface area contributed by atoms with Crippen LogP contribution in [0.5, 0.6) is 0 Å². The minimum atomic E-state index is 0.605. The Morgan fingerprint density at radius 3 is 1.71 bits per heavy atom. The highest BCUT2D eigenvalue weighted by atomic mass is 32.1. The van der Waals surface area contributed by atoms with E-state index in [1.807, 2.05) is 53.8 Å². The second-order valence-corrected chi connectivity index (χ2v) is 15.1. The molecule has 0 amide bonds. The molecule has 0 aliphatic heterocycles. The summed E-state index contributed by atoms with van der Waals surface area (Å²) < 4.78 is 8.92. The standard InChI is InChI=1S/C51H31N3OS/c1-3-13-32(14-4-1)34-17-11-18-36(27-34)50-52-49(33-15-5-2-6-16-33)53-51(54-50)39-29-37(35-25-26-47-43(31-35)41-19-8-10-24-46(41)56-47)28-38(30-39)40-21-12-23-45-48(40)42-20-7-9-22-44(42)55-45/h1-31H. The largest absolute Gasteiger partial charge is 0.456 e. The number of hydrogen-bond acceptors (Lipinski definition) is 5. The zero-order chi connectivity index (χ0) is 37.0. The van der Waals surface area contributed by atoms with E-state index in [0.717, 1.165) is 72.0 Å². The normalized spacial score (nSPS) is 11.6. The minimum Gasteiger partial charge on any atom is -0.456 e. The van der Waals surface area contributed by atoms with Gasteiger partial charge in [-0.3, -0.25) is 0 Å². The molecule has 3 heterocycles. The molecule has 0 fully saturated rings. The molecule has 11 aromatic rings. The van der Waals surface area contributed by atoms with Gasteiger partial charge in [-0.1, -0.05) is 133 Å². The molecule has 0 bridgehead atoms. The Kier molecular flexibility index (Phi) is 7.64. The van der Waals surface area contributed by atoms with Crippen molar-refractivity contribution < 1.29 is 4.42 Å². The van der Waals surface area contributed by atoms with Crippen LogP contribution in [0, 0.1) is 0 Å². The maximum atomic E-state index is 6.36. The van der Waals surface area contributed by atoms with Gasteiger partial charge < -0.3 is 4.42 Å². The molecule has 8 aromatic carbocycles. The summed E-state index contributed by atoms with van der Waals surface area (Å²) >= 11 is 1.83. The third kappa shape index (κ3) is 5.65. The Hall–Kier alpha value is -7.21. The maximum Gasteiger partial charge on any atom is 0.164 e. The van der Waals surface area contributed by atoms with Crippen LogP contribution < -0.4 is 0 Å². The van der Waals surface area contributed by atoms with Crippen molar-refractivity contribution in [3.05, 3.63) is 188 Å². The van der Waals surface area contributed by atoms with E-state index in [2.05, 4.69) is 146 Å². The monoisotopic (exact) mass is 733 g/mol. The van der Waals surface area contributed by atoms with Crippen LogP contribution in [-0.2, 0) is 0 Å². The number of nitrogens with zero attached hydrogens (tertiary/aromatic N) is 3. The summed E-state index contributed by atoms with van der Waals surface area (Å²) in [5, 5.41) is 4.70. The van der Waals surface area contributed by atoms with E-state index in [-0.39, 0.29) is 0 Å². The molecule has 0 saturated heterocycles. The SMILES string of the molecule is c1ccc(-c2cccc(-c3nc(-c4ccccc4)nc(-c4cc(-c5ccc6sc7ccccc7c6c5)cc(-c5cccc6oc7ccccc7c56)c4)n3)c2)cc1. The molecule has 0 aliphatic carbocycles. The average molecular weight is 734 g/mol. The molecule has 0 radical (unpaired) electrons. The minimum absolute atomic E-state index is 0.605. The van der Waals surface area contributed by atoms with Gasteiger partial charge in [-0.15, -0.1) is 11.3 Å². The average Bonchev–Trinajstić information content (AvgIpc) is 3.85. The van der Waals surface area contributed by atoms with Crippen LogP contribution in [0.1, 0.15) is 0 Å². The summed E-state index contributed by atoms with van der Waals surface area (Å²) in [7, 11) is 0. The van der Waals surface area contributed by atoms with Gasteiger partial charge in [0.15, 0.2) is 17.5 Å². The second-order valence-electron chi connectivity index (χ2n) is 14.0. The highest BCUT2D eigenvalue weighted by Crippen LogP contribution is 2.42. The predicted molar refractivity (Wildman–Crippen MR) is 233 cm³/mol. The Labute approximate surface area is 327 Å². The number of benzene rings is 8. The number of aromatic nitrogens is 3. The number of furan rings is 1. The van der Waals surface area contributed by atoms with Crippen molar-refractivity contribution in [1.29, 1.82) is 0 Å². The smallest absolute Gasteiger partial charge is 0.164 e. The van der Waals surface area contributed by atoms with E-state index in [9.17, 15) is 0 Å². The molecule has 4 nitrogen and oxygen atoms in total. The molecular weight excluding hydrogens is 703 g/mol. The van der Waals surface area contributed by atoms with Gasteiger partial charge in [0.25, 0.3) is 0 Å². The maximum absolute atomic E-state index is 6.36. The van der Waals surface area contributed by atoms with E-state index in [1.54, 1.807) is 0 Å². The molecule has 56 heavy (non-hydrogen) atoms. The highest BCUT2D eigenvalue weighted by Gasteiger charge is 2.18. The first-order valence-electron chi connectivity index (χ1n) is 18.7. The van der Waals surface area contributed by atoms with Crippen molar-refractivity contribution in [1.82, 2.24) is 15.0 Å². The molecule has 5 heteroatoms. The predicted octanol–water partition coefficient (Wildman–Crippen LogP) is 14.1. The molecule has 0 saturated carbocycles. The van der Waals surface area contributed by atoms with Crippen LogP contribution in [0.15, 0.2) is 192 Å². The summed E-state index contributed by atoms with van der Waals surface area (Å²) in [6.45, 7) is 0. The highest BCUT2D eigenvalue weighted by molar-refractivity contribution is 7.25. The first kappa shape index (κ1) is 32.2. The Morgan fingerprint density at radius 1 is 0.321 bits per heavy atom. The van der Waals surface area contributed by atoms with Crippen molar-refractivity contribution in [3.63, 3.8) is 0 Å². The van der Waals surface area contributed by atoms with Gasteiger partial charge in [0.1, 0.15) is 11.2 Å². The Balaban J connectivity index is 1.16. The zero-order valence-electron chi connectivity index (χ0n) is 30.1. The van der Waals surface area contributed by atoms with Gasteiger partial charge in [0.2, 0.25) is 0 Å². The second kappa shape index (κ2) is 13.3. The Morgan fingerprint density at radius 2 is 0.875 bits per heavy atom. The lowest BCUT2D eigenvalue weighted by Crippen LogP contribution is -2.00. The molecule has 0 spiro atoms. The topological polar surface area (TPSA) is 51.8 Å². The van der Waals surface area contributed by atoms with Crippen molar-refractivity contribution >= 4 is 53.4 Å². The number of rotatable bonds is 6. The van der Waals surface area contributed by atoms with E-state index < -0.39 is 0 Å². The van der Waals surface area contributed by atoms with Crippen LogP contribution in [0.2, 0.25) is 0 Å². The first-order chi connectivity index (χ1) is 27.7. The summed E-state index contributed by atoms with van der Waals surface area (Å²) in [4.78, 5) is 15.5. The first-order valence-corrected chi connectivity index (χ1v) is 19.5. The lowest BCUT2D eigenvalue weighted by atomic mass is 9.93. The summed E-state index contributed by atoms with van der Waals surface area (Å²) in [5.74, 6) is 1.85. The van der Waals surface area contributed by atoms with Crippen LogP contribution in [0.3, 0.4) is 0 Å². The van der Waals surface area contributed by atoms with Crippen LogP contribution in [0.4, 0.5) is 0 Å². The quantitative estimate of drug-likeness (QED) is 0.171. The number of para-hydroxylation sites is 1. The molecule has 0 atom stereocenters. The summed E-state index contributed by atoms with van der Waals surface area (Å²) in [6, 6.07) is 65.8. The lowest BCUT2D eigenvalue weighted by molar-refractivity contribution is 0.669. The van der Waals surface area contributed by atoms with E-state index in [0.29, 0.717) is 17.5 Å². The number of fused-ring (bicyclic) bond motifs is 6. The molecule has 3 aromatic heterocycles. The molecular formula is C51H31N3OS. The summed E-state index contributed by atoms with van der Waals surface area (Å²) in [6.07, 6.45) is 0. The fourth-order valence-corrected chi connectivity index (χ4v) is 8.91. The molecule has 11 rings (SSSR count). The van der Waals surface area contributed by atoms with Gasteiger partial charge in [0.05, 0.1) is 0 Å². The Bertz CT molecular complexity index is 3260. The van der Waals surface area contributed by atoms with E-state index >= 15 is 0 Å². The van der Waals surface area contributed by atoms with Gasteiger partial charge in [0, 0.05) is 47.6 Å². The lowest BCUT2D eigenvalue weighted by Gasteiger charge is -2.13.